The minimum atomic E-state index is 0.341. The molecule has 0 spiro atoms. The Kier molecular flexibility index (Phi) is 4.29. The quantitative estimate of drug-likeness (QED) is 0.560. The van der Waals surface area contributed by atoms with Crippen molar-refractivity contribution in [3.05, 3.63) is 37.6 Å². The highest BCUT2D eigenvalue weighted by Crippen LogP contribution is 2.32. The third kappa shape index (κ3) is 2.70. The van der Waals surface area contributed by atoms with E-state index >= 15 is 0 Å². The molecule has 1 heterocycles. The Bertz CT molecular complexity index is 582. The Morgan fingerprint density at radius 2 is 1.78 bits per heavy atom. The van der Waals surface area contributed by atoms with Crippen LogP contribution in [0.25, 0.3) is 11.4 Å². The molecule has 2 rings (SSSR count). The van der Waals surface area contributed by atoms with Crippen molar-refractivity contribution < 1.29 is 4.74 Å². The number of ether oxygens (including phenoxy) is 1. The Balaban J connectivity index is 2.62. The summed E-state index contributed by atoms with van der Waals surface area (Å²) in [5, 5.41) is 0.682. The van der Waals surface area contributed by atoms with E-state index in [1.807, 2.05) is 47.7 Å². The van der Waals surface area contributed by atoms with Crippen molar-refractivity contribution in [2.75, 3.05) is 7.11 Å². The molecular weight excluding hydrogens is 386 g/mol. The second-order valence-electron chi connectivity index (χ2n) is 3.65. The molecule has 2 aromatic rings. The lowest BCUT2D eigenvalue weighted by atomic mass is 10.1. The lowest BCUT2D eigenvalue weighted by Gasteiger charge is -2.09. The van der Waals surface area contributed by atoms with Crippen LogP contribution in [0.5, 0.6) is 5.75 Å². The highest BCUT2D eigenvalue weighted by atomic mass is 127. The lowest BCUT2D eigenvalue weighted by Crippen LogP contribution is -1.96. The predicted octanol–water partition coefficient (Wildman–Crippen LogP) is 4.37. The molecule has 3 nitrogen and oxygen atoms in total. The van der Waals surface area contributed by atoms with Crippen LogP contribution < -0.4 is 4.74 Å². The van der Waals surface area contributed by atoms with Crippen molar-refractivity contribution in [3.63, 3.8) is 0 Å². The highest BCUT2D eigenvalue weighted by molar-refractivity contribution is 14.1. The summed E-state index contributed by atoms with van der Waals surface area (Å²) in [4.78, 5) is 8.45. The standard InChI is InChI=1S/C12H9Cl2IN2O/c1-6-3-4-7(8(5-6)18-2)12-16-10(13)9(15)11(14)17-12/h3-5H,1-2H3. The Labute approximate surface area is 129 Å². The van der Waals surface area contributed by atoms with Gasteiger partial charge in [-0.2, -0.15) is 0 Å². The average molecular weight is 395 g/mol. The van der Waals surface area contributed by atoms with Crippen LogP contribution in [0, 0.1) is 10.5 Å². The molecule has 94 valence electrons. The summed E-state index contributed by atoms with van der Waals surface area (Å²) in [6.45, 7) is 1.99. The fraction of sp³-hybridized carbons (Fsp3) is 0.167. The number of methoxy groups -OCH3 is 1. The van der Waals surface area contributed by atoms with Gasteiger partial charge in [0.15, 0.2) is 5.82 Å². The van der Waals surface area contributed by atoms with Crippen molar-refractivity contribution in [1.82, 2.24) is 9.97 Å². The van der Waals surface area contributed by atoms with Gasteiger partial charge in [0.25, 0.3) is 0 Å². The average Bonchev–Trinajstić information content (AvgIpc) is 2.35. The van der Waals surface area contributed by atoms with Crippen LogP contribution in [-0.4, -0.2) is 17.1 Å². The van der Waals surface area contributed by atoms with E-state index < -0.39 is 0 Å². The first-order valence-electron chi connectivity index (χ1n) is 5.06. The smallest absolute Gasteiger partial charge is 0.166 e. The van der Waals surface area contributed by atoms with Gasteiger partial charge >= 0.3 is 0 Å². The normalized spacial score (nSPS) is 10.5. The van der Waals surface area contributed by atoms with Crippen molar-refractivity contribution in [3.8, 4) is 17.1 Å². The van der Waals surface area contributed by atoms with Crippen molar-refractivity contribution in [2.24, 2.45) is 0 Å². The van der Waals surface area contributed by atoms with E-state index in [-0.39, 0.29) is 0 Å². The van der Waals surface area contributed by atoms with Crippen molar-refractivity contribution in [2.45, 2.75) is 6.92 Å². The van der Waals surface area contributed by atoms with E-state index in [2.05, 4.69) is 9.97 Å². The number of aromatic nitrogens is 2. The summed E-state index contributed by atoms with van der Waals surface area (Å²) in [6, 6.07) is 5.77. The first-order chi connectivity index (χ1) is 8.52. The van der Waals surface area contributed by atoms with Gasteiger partial charge in [-0.15, -0.1) is 0 Å². The van der Waals surface area contributed by atoms with E-state index in [1.54, 1.807) is 7.11 Å². The van der Waals surface area contributed by atoms with Crippen LogP contribution in [0.4, 0.5) is 0 Å². The molecule has 0 saturated heterocycles. The first-order valence-corrected chi connectivity index (χ1v) is 6.90. The summed E-state index contributed by atoms with van der Waals surface area (Å²) < 4.78 is 5.97. The van der Waals surface area contributed by atoms with Gasteiger partial charge in [0.2, 0.25) is 0 Å². The molecule has 18 heavy (non-hydrogen) atoms. The lowest BCUT2D eigenvalue weighted by molar-refractivity contribution is 0.416. The van der Waals surface area contributed by atoms with Crippen LogP contribution in [0.3, 0.4) is 0 Å². The topological polar surface area (TPSA) is 35.0 Å². The van der Waals surface area contributed by atoms with Crippen molar-refractivity contribution >= 4 is 45.8 Å². The van der Waals surface area contributed by atoms with Crippen LogP contribution in [-0.2, 0) is 0 Å². The van der Waals surface area contributed by atoms with E-state index in [4.69, 9.17) is 27.9 Å². The Morgan fingerprint density at radius 3 is 2.33 bits per heavy atom. The fourth-order valence-electron chi connectivity index (χ4n) is 1.50. The van der Waals surface area contributed by atoms with Gasteiger partial charge in [-0.1, -0.05) is 29.3 Å². The number of nitrogens with zero attached hydrogens (tertiary/aromatic N) is 2. The molecule has 0 saturated carbocycles. The first kappa shape index (κ1) is 13.8. The maximum atomic E-state index is 6.01. The number of aryl methyl sites for hydroxylation is 1. The second kappa shape index (κ2) is 5.59. The third-order valence-corrected chi connectivity index (χ3v) is 4.57. The molecule has 0 radical (unpaired) electrons. The number of hydrogen-bond donors (Lipinski definition) is 0. The van der Waals surface area contributed by atoms with Gasteiger partial charge in [0.05, 0.1) is 16.2 Å². The molecule has 0 bridgehead atoms. The fourth-order valence-corrected chi connectivity index (χ4v) is 2.13. The summed E-state index contributed by atoms with van der Waals surface area (Å²) >= 11 is 14.0. The van der Waals surface area contributed by atoms with Crippen LogP contribution >= 0.6 is 45.8 Å². The van der Waals surface area contributed by atoms with Gasteiger partial charge in [0, 0.05) is 0 Å². The number of hydrogen-bond acceptors (Lipinski definition) is 3. The zero-order valence-corrected chi connectivity index (χ0v) is 13.3. The van der Waals surface area contributed by atoms with E-state index in [9.17, 15) is 0 Å². The van der Waals surface area contributed by atoms with Gasteiger partial charge in [-0.3, -0.25) is 0 Å². The van der Waals surface area contributed by atoms with Gasteiger partial charge in [-0.25, -0.2) is 9.97 Å². The van der Waals surface area contributed by atoms with Crippen LogP contribution in [0.1, 0.15) is 5.56 Å². The summed E-state index contributed by atoms with van der Waals surface area (Å²) in [6.07, 6.45) is 0. The summed E-state index contributed by atoms with van der Waals surface area (Å²) in [5.74, 6) is 1.16. The third-order valence-electron chi connectivity index (χ3n) is 2.37. The van der Waals surface area contributed by atoms with Crippen LogP contribution in [0.2, 0.25) is 10.3 Å². The molecule has 6 heteroatoms. The number of halogens is 3. The van der Waals surface area contributed by atoms with Gasteiger partial charge in [0.1, 0.15) is 16.1 Å². The molecule has 0 amide bonds. The number of rotatable bonds is 2. The number of benzene rings is 1. The minimum Gasteiger partial charge on any atom is -0.496 e. The second-order valence-corrected chi connectivity index (χ2v) is 5.44. The minimum absolute atomic E-state index is 0.341. The van der Waals surface area contributed by atoms with E-state index in [0.717, 1.165) is 11.1 Å². The maximum Gasteiger partial charge on any atom is 0.166 e. The van der Waals surface area contributed by atoms with Crippen LogP contribution in [0.15, 0.2) is 18.2 Å². The molecule has 0 unspecified atom stereocenters. The Morgan fingerprint density at radius 1 is 1.17 bits per heavy atom. The zero-order valence-electron chi connectivity index (χ0n) is 9.67. The Hall–Kier alpha value is -0.590. The predicted molar refractivity (Wildman–Crippen MR) is 81.5 cm³/mol. The molecule has 0 aliphatic heterocycles. The zero-order chi connectivity index (χ0) is 13.3. The van der Waals surface area contributed by atoms with Gasteiger partial charge < -0.3 is 4.74 Å². The molecule has 0 aliphatic carbocycles. The molecule has 1 aromatic carbocycles. The van der Waals surface area contributed by atoms with Crippen molar-refractivity contribution in [1.29, 1.82) is 0 Å². The summed E-state index contributed by atoms with van der Waals surface area (Å²) in [5.41, 5.74) is 1.86. The molecule has 0 aliphatic rings. The molecule has 0 fully saturated rings. The van der Waals surface area contributed by atoms with E-state index in [1.165, 1.54) is 0 Å². The molecular formula is C12H9Cl2IN2O. The molecule has 0 atom stereocenters. The molecule has 1 aromatic heterocycles. The SMILES string of the molecule is COc1cc(C)ccc1-c1nc(Cl)c(I)c(Cl)n1. The summed E-state index contributed by atoms with van der Waals surface area (Å²) in [7, 11) is 1.61. The monoisotopic (exact) mass is 394 g/mol. The van der Waals surface area contributed by atoms with E-state index in [0.29, 0.717) is 25.5 Å². The highest BCUT2D eigenvalue weighted by Gasteiger charge is 2.14. The molecule has 0 N–H and O–H groups in total. The van der Waals surface area contributed by atoms with Gasteiger partial charge in [-0.05, 0) is 47.2 Å². The largest absolute Gasteiger partial charge is 0.496 e. The maximum absolute atomic E-state index is 6.01.